The molecule has 0 bridgehead atoms. The molecule has 0 radical (unpaired) electrons. The predicted molar refractivity (Wildman–Crippen MR) is 264 cm³/mol. The van der Waals surface area contributed by atoms with Gasteiger partial charge in [-0.15, -0.1) is 0 Å². The number of rotatable bonds is 4. The Morgan fingerprint density at radius 3 is 0.548 bits per heavy atom. The first-order valence-electron chi connectivity index (χ1n) is 22.4. The molecule has 2 aliphatic carbocycles. The lowest BCUT2D eigenvalue weighted by Crippen LogP contribution is -2.29. The van der Waals surface area contributed by atoms with E-state index in [2.05, 4.69) is 229 Å². The summed E-state index contributed by atoms with van der Waals surface area (Å²) in [4.78, 5) is 0. The highest BCUT2D eigenvalue weighted by molar-refractivity contribution is 5.88. The Hall–Kier alpha value is -6.24. The Morgan fingerprint density at radius 1 is 0.194 bits per heavy atom. The van der Waals surface area contributed by atoms with Crippen LogP contribution >= 0.6 is 0 Å². The van der Waals surface area contributed by atoms with Crippen LogP contribution in [-0.2, 0) is 10.8 Å². The first kappa shape index (κ1) is 41.1. The molecule has 0 amide bonds. The number of benzene rings is 8. The topological polar surface area (TPSA) is 0 Å². The summed E-state index contributed by atoms with van der Waals surface area (Å²) >= 11 is 0. The first-order valence-corrected chi connectivity index (χ1v) is 22.4. The van der Waals surface area contributed by atoms with Gasteiger partial charge < -0.3 is 0 Å². The van der Waals surface area contributed by atoms with Gasteiger partial charge >= 0.3 is 0 Å². The maximum Gasteiger partial charge on any atom is 0.0713 e. The normalized spacial score (nSPS) is 13.7. The number of hydrogen-bond donors (Lipinski definition) is 0. The van der Waals surface area contributed by atoms with Crippen molar-refractivity contribution in [2.24, 2.45) is 0 Å². The third kappa shape index (κ3) is 6.67. The monoisotopic (exact) mass is 804 g/mol. The standard InChI is InChI=1S/2C31H30/c2*1-19-7-9-29-27(17-19)28-18-20(2)8-10-30(28)31(29,25-13-21(3)11-22(4)14-25)26-15-23(5)12-24(6)16-26/h2*7-18H,1-6H3. The van der Waals surface area contributed by atoms with Gasteiger partial charge in [-0.3, -0.25) is 0 Å². The van der Waals surface area contributed by atoms with Crippen LogP contribution in [0.1, 0.15) is 111 Å². The molecular weight excluding hydrogens is 745 g/mol. The quantitative estimate of drug-likeness (QED) is 0.166. The predicted octanol–water partition coefficient (Wildman–Crippen LogP) is 15.8. The molecule has 2 aliphatic rings. The Labute approximate surface area is 371 Å². The molecule has 0 saturated carbocycles. The van der Waals surface area contributed by atoms with Gasteiger partial charge in [0, 0.05) is 0 Å². The minimum atomic E-state index is -0.306. The lowest BCUT2D eigenvalue weighted by molar-refractivity contribution is 0.763. The van der Waals surface area contributed by atoms with Crippen molar-refractivity contribution in [1.82, 2.24) is 0 Å². The van der Waals surface area contributed by atoms with Gasteiger partial charge in [-0.2, -0.15) is 0 Å². The van der Waals surface area contributed by atoms with Crippen LogP contribution in [0.15, 0.2) is 146 Å². The molecule has 0 fully saturated rings. The summed E-state index contributed by atoms with van der Waals surface area (Å²) in [5.41, 5.74) is 31.7. The maximum absolute atomic E-state index is 2.39. The van der Waals surface area contributed by atoms with Gasteiger partial charge in [0.2, 0.25) is 0 Å². The molecule has 10 rings (SSSR count). The second-order valence-corrected chi connectivity index (χ2v) is 19.2. The zero-order chi connectivity index (χ0) is 43.8. The third-order valence-electron chi connectivity index (χ3n) is 13.5. The fourth-order valence-electron chi connectivity index (χ4n) is 11.5. The lowest BCUT2D eigenvalue weighted by atomic mass is 9.66. The summed E-state index contributed by atoms with van der Waals surface area (Å²) in [7, 11) is 0. The van der Waals surface area contributed by atoms with Crippen molar-refractivity contribution in [2.75, 3.05) is 0 Å². The van der Waals surface area contributed by atoms with Crippen molar-refractivity contribution < 1.29 is 0 Å². The third-order valence-corrected chi connectivity index (χ3v) is 13.5. The van der Waals surface area contributed by atoms with Crippen molar-refractivity contribution in [3.8, 4) is 22.3 Å². The van der Waals surface area contributed by atoms with Crippen molar-refractivity contribution in [3.05, 3.63) is 257 Å². The Bertz CT molecular complexity index is 2590. The molecule has 0 saturated heterocycles. The fourth-order valence-corrected chi connectivity index (χ4v) is 11.5. The Kier molecular flexibility index (Phi) is 10.1. The highest BCUT2D eigenvalue weighted by Gasteiger charge is 2.48. The molecule has 62 heavy (non-hydrogen) atoms. The number of hydrogen-bond acceptors (Lipinski definition) is 0. The van der Waals surface area contributed by atoms with Gasteiger partial charge in [0.15, 0.2) is 0 Å². The van der Waals surface area contributed by atoms with Crippen LogP contribution in [0.2, 0.25) is 0 Å². The van der Waals surface area contributed by atoms with Gasteiger partial charge in [-0.1, -0.05) is 212 Å². The van der Waals surface area contributed by atoms with Crippen LogP contribution in [0.25, 0.3) is 22.3 Å². The van der Waals surface area contributed by atoms with E-state index in [1.54, 1.807) is 0 Å². The van der Waals surface area contributed by atoms with E-state index in [-0.39, 0.29) is 10.8 Å². The van der Waals surface area contributed by atoms with E-state index >= 15 is 0 Å². The molecule has 0 aliphatic heterocycles. The second kappa shape index (κ2) is 15.3. The smallest absolute Gasteiger partial charge is 0.0590 e. The van der Waals surface area contributed by atoms with Crippen LogP contribution in [0, 0.1) is 83.1 Å². The van der Waals surface area contributed by atoms with E-state index in [4.69, 9.17) is 0 Å². The first-order chi connectivity index (χ1) is 29.6. The second-order valence-electron chi connectivity index (χ2n) is 19.2. The summed E-state index contributed by atoms with van der Waals surface area (Å²) in [6, 6.07) is 56.3. The van der Waals surface area contributed by atoms with Crippen molar-refractivity contribution in [3.63, 3.8) is 0 Å². The van der Waals surface area contributed by atoms with Crippen molar-refractivity contribution >= 4 is 0 Å². The molecule has 0 unspecified atom stereocenters. The lowest BCUT2D eigenvalue weighted by Gasteiger charge is -2.35. The molecule has 0 N–H and O–H groups in total. The molecule has 0 heteroatoms. The highest BCUT2D eigenvalue weighted by atomic mass is 14.5. The summed E-state index contributed by atoms with van der Waals surface area (Å²) in [6.07, 6.45) is 0. The Morgan fingerprint density at radius 2 is 0.371 bits per heavy atom. The van der Waals surface area contributed by atoms with Gasteiger partial charge in [0.1, 0.15) is 0 Å². The van der Waals surface area contributed by atoms with E-state index in [9.17, 15) is 0 Å². The molecule has 8 aromatic carbocycles. The molecule has 308 valence electrons. The molecule has 0 heterocycles. The number of fused-ring (bicyclic) bond motifs is 6. The van der Waals surface area contributed by atoms with E-state index < -0.39 is 0 Å². The largest absolute Gasteiger partial charge is 0.0713 e. The van der Waals surface area contributed by atoms with E-state index in [0.29, 0.717) is 0 Å². The minimum absolute atomic E-state index is 0.306. The van der Waals surface area contributed by atoms with Crippen LogP contribution in [0.3, 0.4) is 0 Å². The SMILES string of the molecule is Cc1cc(C)cc(C2(c3cc(C)cc(C)c3)c3ccc(C)cc3-c3cc(C)ccc32)c1.Cc1cc(C)cc(C2(c3cc(C)cc(C)c3)c3ccc(C)cc3-c3cc(C)ccc32)c1. The molecule has 0 aromatic heterocycles. The number of aryl methyl sites for hydroxylation is 12. The maximum atomic E-state index is 2.39. The Balaban J connectivity index is 0.000000158. The summed E-state index contributed by atoms with van der Waals surface area (Å²) in [5, 5.41) is 0. The highest BCUT2D eigenvalue weighted by Crippen LogP contribution is 2.58. The molecule has 0 spiro atoms. The summed E-state index contributed by atoms with van der Waals surface area (Å²) in [5.74, 6) is 0. The van der Waals surface area contributed by atoms with Crippen LogP contribution in [-0.4, -0.2) is 0 Å². The zero-order valence-electron chi connectivity index (χ0n) is 38.9. The van der Waals surface area contributed by atoms with E-state index in [0.717, 1.165) is 0 Å². The van der Waals surface area contributed by atoms with Gasteiger partial charge in [-0.25, -0.2) is 0 Å². The molecule has 8 aromatic rings. The van der Waals surface area contributed by atoms with Gasteiger partial charge in [0.25, 0.3) is 0 Å². The van der Waals surface area contributed by atoms with Crippen molar-refractivity contribution in [2.45, 2.75) is 93.9 Å². The molecular formula is C62H60. The molecule has 0 nitrogen and oxygen atoms in total. The van der Waals surface area contributed by atoms with E-state index in [1.807, 2.05) is 0 Å². The average molecular weight is 805 g/mol. The van der Waals surface area contributed by atoms with Crippen LogP contribution < -0.4 is 0 Å². The van der Waals surface area contributed by atoms with Gasteiger partial charge in [0.05, 0.1) is 10.8 Å². The fraction of sp³-hybridized carbons (Fsp3) is 0.226. The average Bonchev–Trinajstić information content (AvgIpc) is 3.63. The van der Waals surface area contributed by atoms with E-state index in [1.165, 1.54) is 134 Å². The van der Waals surface area contributed by atoms with Crippen LogP contribution in [0.5, 0.6) is 0 Å². The summed E-state index contributed by atoms with van der Waals surface area (Å²) < 4.78 is 0. The van der Waals surface area contributed by atoms with Crippen molar-refractivity contribution in [1.29, 1.82) is 0 Å². The zero-order valence-corrected chi connectivity index (χ0v) is 38.9. The van der Waals surface area contributed by atoms with Crippen LogP contribution in [0.4, 0.5) is 0 Å². The summed E-state index contributed by atoms with van der Waals surface area (Å²) in [6.45, 7) is 26.5. The van der Waals surface area contributed by atoms with Gasteiger partial charge in [-0.05, 0) is 150 Å². The minimum Gasteiger partial charge on any atom is -0.0590 e. The molecule has 0 atom stereocenters.